The summed E-state index contributed by atoms with van der Waals surface area (Å²) in [6, 6.07) is 5.58. The van der Waals surface area contributed by atoms with Gasteiger partial charge in [-0.3, -0.25) is 9.59 Å². The van der Waals surface area contributed by atoms with Gasteiger partial charge in [0, 0.05) is 35.2 Å². The summed E-state index contributed by atoms with van der Waals surface area (Å²) in [5.74, 6) is -0.611. The average Bonchev–Trinajstić information content (AvgIpc) is 3.30. The Kier molecular flexibility index (Phi) is 4.57. The quantitative estimate of drug-likeness (QED) is 0.713. The number of hydrogen-bond acceptors (Lipinski definition) is 4. The maximum atomic E-state index is 12.8. The monoisotopic (exact) mass is 386 g/mol. The van der Waals surface area contributed by atoms with Gasteiger partial charge in [-0.25, -0.2) is 9.67 Å². The van der Waals surface area contributed by atoms with Crippen molar-refractivity contribution in [3.05, 3.63) is 47.1 Å². The molecule has 3 aromatic rings. The molecule has 1 aromatic carbocycles. The van der Waals surface area contributed by atoms with E-state index in [2.05, 4.69) is 15.1 Å². The fourth-order valence-corrected chi connectivity index (χ4v) is 3.70. The summed E-state index contributed by atoms with van der Waals surface area (Å²) in [5.41, 5.74) is 7.10. The molecule has 1 atom stereocenters. The minimum Gasteiger partial charge on any atom is -0.363 e. The Morgan fingerprint density at radius 3 is 3.00 bits per heavy atom. The van der Waals surface area contributed by atoms with Gasteiger partial charge < -0.3 is 15.6 Å². The number of nitrogens with zero attached hydrogens (tertiary/aromatic N) is 4. The van der Waals surface area contributed by atoms with E-state index in [9.17, 15) is 9.59 Å². The summed E-state index contributed by atoms with van der Waals surface area (Å²) in [7, 11) is 0. The molecule has 3 heterocycles. The first-order valence-corrected chi connectivity index (χ1v) is 9.13. The summed E-state index contributed by atoms with van der Waals surface area (Å²) in [4.78, 5) is 33.0. The van der Waals surface area contributed by atoms with Crippen LogP contribution in [0, 0.1) is 0 Å². The number of carbonyl (C=O) groups is 2. The van der Waals surface area contributed by atoms with Crippen molar-refractivity contribution < 1.29 is 9.59 Å². The number of amides is 2. The second-order valence-electron chi connectivity index (χ2n) is 6.73. The van der Waals surface area contributed by atoms with Gasteiger partial charge in [0.15, 0.2) is 0 Å². The highest BCUT2D eigenvalue weighted by molar-refractivity contribution is 6.31. The third-order valence-electron chi connectivity index (χ3n) is 4.92. The van der Waals surface area contributed by atoms with E-state index < -0.39 is 5.91 Å². The van der Waals surface area contributed by atoms with E-state index in [4.69, 9.17) is 17.3 Å². The van der Waals surface area contributed by atoms with Crippen molar-refractivity contribution in [3.63, 3.8) is 0 Å². The number of carbonyl (C=O) groups excluding carboxylic acids is 2. The molecule has 1 aliphatic rings. The number of benzene rings is 1. The number of nitrogens with two attached hydrogens (primary N) is 1. The number of halogens is 1. The van der Waals surface area contributed by atoms with Gasteiger partial charge in [0.1, 0.15) is 6.33 Å². The molecule has 0 bridgehead atoms. The SMILES string of the molecule is NC(=O)c1ncn(C2CCCN(C(=O)Cc3c[nH]c4ccc(Cl)cc34)C2)n1. The van der Waals surface area contributed by atoms with E-state index in [0.29, 0.717) is 24.5 Å². The Bertz CT molecular complexity index is 1010. The molecule has 0 radical (unpaired) electrons. The van der Waals surface area contributed by atoms with Crippen molar-refractivity contribution in [1.82, 2.24) is 24.6 Å². The van der Waals surface area contributed by atoms with Crippen LogP contribution in [0.3, 0.4) is 0 Å². The fourth-order valence-electron chi connectivity index (χ4n) is 3.53. The number of hydrogen-bond donors (Lipinski definition) is 2. The lowest BCUT2D eigenvalue weighted by Crippen LogP contribution is -2.41. The van der Waals surface area contributed by atoms with Crippen LogP contribution >= 0.6 is 11.6 Å². The molecule has 1 fully saturated rings. The Hall–Kier alpha value is -2.87. The molecule has 0 saturated carbocycles. The molecule has 2 aromatic heterocycles. The zero-order valence-electron chi connectivity index (χ0n) is 14.6. The van der Waals surface area contributed by atoms with E-state index in [1.54, 1.807) is 4.68 Å². The minimum atomic E-state index is -0.657. The lowest BCUT2D eigenvalue weighted by Gasteiger charge is -2.32. The van der Waals surface area contributed by atoms with Gasteiger partial charge in [-0.05, 0) is 36.6 Å². The van der Waals surface area contributed by atoms with Crippen molar-refractivity contribution in [1.29, 1.82) is 0 Å². The van der Waals surface area contributed by atoms with Crippen LogP contribution in [0.15, 0.2) is 30.7 Å². The molecular formula is C18H19ClN6O2. The zero-order chi connectivity index (χ0) is 19.0. The van der Waals surface area contributed by atoms with E-state index in [1.807, 2.05) is 29.3 Å². The van der Waals surface area contributed by atoms with Crippen molar-refractivity contribution in [2.75, 3.05) is 13.1 Å². The maximum absolute atomic E-state index is 12.8. The molecule has 27 heavy (non-hydrogen) atoms. The van der Waals surface area contributed by atoms with Crippen LogP contribution in [0.1, 0.15) is 35.1 Å². The summed E-state index contributed by atoms with van der Waals surface area (Å²) in [6.07, 6.45) is 5.39. The topological polar surface area (TPSA) is 110 Å². The number of primary amides is 1. The van der Waals surface area contributed by atoms with Gasteiger partial charge in [-0.2, -0.15) is 0 Å². The normalized spacial score (nSPS) is 17.4. The largest absolute Gasteiger partial charge is 0.363 e. The number of piperidine rings is 1. The molecule has 4 rings (SSSR count). The molecule has 1 aliphatic heterocycles. The Morgan fingerprint density at radius 1 is 1.37 bits per heavy atom. The summed E-state index contributed by atoms with van der Waals surface area (Å²) < 4.78 is 1.63. The number of aromatic nitrogens is 4. The van der Waals surface area contributed by atoms with Crippen molar-refractivity contribution >= 4 is 34.3 Å². The highest BCUT2D eigenvalue weighted by Crippen LogP contribution is 2.25. The van der Waals surface area contributed by atoms with Crippen LogP contribution in [0.25, 0.3) is 10.9 Å². The molecule has 1 saturated heterocycles. The number of nitrogens with one attached hydrogen (secondary N) is 1. The van der Waals surface area contributed by atoms with Crippen molar-refractivity contribution in [2.45, 2.75) is 25.3 Å². The highest BCUT2D eigenvalue weighted by atomic mass is 35.5. The second kappa shape index (κ2) is 7.03. The molecule has 0 spiro atoms. The predicted octanol–water partition coefficient (Wildman–Crippen LogP) is 1.92. The second-order valence-corrected chi connectivity index (χ2v) is 7.17. The van der Waals surface area contributed by atoms with E-state index in [-0.39, 0.29) is 17.8 Å². The van der Waals surface area contributed by atoms with Gasteiger partial charge in [0.25, 0.3) is 5.91 Å². The van der Waals surface area contributed by atoms with Crippen LogP contribution in [-0.2, 0) is 11.2 Å². The highest BCUT2D eigenvalue weighted by Gasteiger charge is 2.26. The molecule has 2 amide bonds. The molecule has 8 nitrogen and oxygen atoms in total. The Labute approximate surface area is 160 Å². The van der Waals surface area contributed by atoms with Crippen LogP contribution in [-0.4, -0.2) is 49.6 Å². The van der Waals surface area contributed by atoms with E-state index >= 15 is 0 Å². The predicted molar refractivity (Wildman–Crippen MR) is 100 cm³/mol. The number of rotatable bonds is 4. The third kappa shape index (κ3) is 3.52. The standard InChI is InChI=1S/C18H19ClN6O2/c19-12-3-4-15-14(7-12)11(8-21-15)6-16(26)24-5-1-2-13(9-24)25-10-22-18(23-25)17(20)27/h3-4,7-8,10,13,21H,1-2,5-6,9H2,(H2,20,27). The Balaban J connectivity index is 1.48. The zero-order valence-corrected chi connectivity index (χ0v) is 15.3. The van der Waals surface area contributed by atoms with Crippen molar-refractivity contribution in [2.24, 2.45) is 5.73 Å². The van der Waals surface area contributed by atoms with Gasteiger partial charge in [0.2, 0.25) is 11.7 Å². The first kappa shape index (κ1) is 17.5. The molecular weight excluding hydrogens is 368 g/mol. The van der Waals surface area contributed by atoms with Crippen LogP contribution in [0.4, 0.5) is 0 Å². The first-order chi connectivity index (χ1) is 13.0. The van der Waals surface area contributed by atoms with Gasteiger partial charge in [-0.1, -0.05) is 11.6 Å². The molecule has 1 unspecified atom stereocenters. The lowest BCUT2D eigenvalue weighted by atomic mass is 10.0. The van der Waals surface area contributed by atoms with Gasteiger partial charge in [0.05, 0.1) is 12.5 Å². The molecule has 140 valence electrons. The third-order valence-corrected chi connectivity index (χ3v) is 5.16. The van der Waals surface area contributed by atoms with Crippen LogP contribution in [0.2, 0.25) is 5.02 Å². The van der Waals surface area contributed by atoms with Crippen LogP contribution < -0.4 is 5.73 Å². The fraction of sp³-hybridized carbons (Fsp3) is 0.333. The minimum absolute atomic E-state index is 0.00544. The smallest absolute Gasteiger partial charge is 0.288 e. The number of fused-ring (bicyclic) bond motifs is 1. The summed E-state index contributed by atoms with van der Waals surface area (Å²) >= 11 is 6.09. The van der Waals surface area contributed by atoms with E-state index in [1.165, 1.54) is 6.33 Å². The summed E-state index contributed by atoms with van der Waals surface area (Å²) in [5, 5.41) is 5.74. The number of H-pyrrole nitrogens is 1. The van der Waals surface area contributed by atoms with Gasteiger partial charge >= 0.3 is 0 Å². The van der Waals surface area contributed by atoms with Crippen LogP contribution in [0.5, 0.6) is 0 Å². The molecule has 3 N–H and O–H groups in total. The first-order valence-electron chi connectivity index (χ1n) is 8.75. The maximum Gasteiger partial charge on any atom is 0.288 e. The number of likely N-dealkylation sites (tertiary alicyclic amines) is 1. The molecule has 9 heteroatoms. The van der Waals surface area contributed by atoms with E-state index in [0.717, 1.165) is 29.3 Å². The average molecular weight is 387 g/mol. The lowest BCUT2D eigenvalue weighted by molar-refractivity contribution is -0.132. The Morgan fingerprint density at radius 2 is 2.22 bits per heavy atom. The van der Waals surface area contributed by atoms with Gasteiger partial charge in [-0.15, -0.1) is 5.10 Å². The number of aromatic amines is 1. The summed E-state index contributed by atoms with van der Waals surface area (Å²) in [6.45, 7) is 1.24. The van der Waals surface area contributed by atoms with Crippen molar-refractivity contribution in [3.8, 4) is 0 Å². The molecule has 0 aliphatic carbocycles.